The minimum atomic E-state index is -3.18. The van der Waals surface area contributed by atoms with Crippen LogP contribution in [0.25, 0.3) is 0 Å². The van der Waals surface area contributed by atoms with Crippen LogP contribution in [0.2, 0.25) is 0 Å². The summed E-state index contributed by atoms with van der Waals surface area (Å²) in [5.41, 5.74) is 7.65. The normalized spacial score (nSPS) is 17.3. The number of benzene rings is 1. The fourth-order valence-electron chi connectivity index (χ4n) is 2.99. The van der Waals surface area contributed by atoms with Gasteiger partial charge in [-0.25, -0.2) is 12.7 Å². The first kappa shape index (κ1) is 16.5. The first-order chi connectivity index (χ1) is 10.0. The first-order valence-electron chi connectivity index (χ1n) is 7.73. The number of nitrogens with two attached hydrogens (primary N) is 1. The molecule has 0 amide bonds. The topological polar surface area (TPSA) is 63.4 Å². The quantitative estimate of drug-likeness (QED) is 0.878. The Kier molecular flexibility index (Phi) is 5.79. The molecule has 2 N–H and O–H groups in total. The summed E-state index contributed by atoms with van der Waals surface area (Å²) >= 11 is 0. The van der Waals surface area contributed by atoms with E-state index in [1.165, 1.54) is 23.6 Å². The summed E-state index contributed by atoms with van der Waals surface area (Å²) in [5, 5.41) is 0. The van der Waals surface area contributed by atoms with Crippen LogP contribution in [0.15, 0.2) is 24.3 Å². The number of nitrogens with zero attached hydrogens (tertiary/aromatic N) is 1. The molecule has 0 saturated heterocycles. The van der Waals surface area contributed by atoms with Crippen molar-refractivity contribution in [2.24, 2.45) is 11.7 Å². The molecule has 1 fully saturated rings. The molecule has 21 heavy (non-hydrogen) atoms. The van der Waals surface area contributed by atoms with Gasteiger partial charge >= 0.3 is 0 Å². The fraction of sp³-hybridized carbons (Fsp3) is 0.625. The Morgan fingerprint density at radius 2 is 1.86 bits per heavy atom. The van der Waals surface area contributed by atoms with Gasteiger partial charge in [0, 0.05) is 20.1 Å². The summed E-state index contributed by atoms with van der Waals surface area (Å²) in [4.78, 5) is 0. The van der Waals surface area contributed by atoms with E-state index in [2.05, 4.69) is 0 Å². The third-order valence-electron chi connectivity index (χ3n) is 4.28. The largest absolute Gasteiger partial charge is 0.326 e. The molecule has 118 valence electrons. The van der Waals surface area contributed by atoms with Crippen LogP contribution in [0.3, 0.4) is 0 Å². The van der Waals surface area contributed by atoms with Crippen LogP contribution >= 0.6 is 0 Å². The molecule has 1 aromatic rings. The molecule has 0 atom stereocenters. The highest BCUT2D eigenvalue weighted by Gasteiger charge is 2.24. The highest BCUT2D eigenvalue weighted by Crippen LogP contribution is 2.25. The van der Waals surface area contributed by atoms with Gasteiger partial charge in [-0.15, -0.1) is 0 Å². The second-order valence-electron chi connectivity index (χ2n) is 6.06. The summed E-state index contributed by atoms with van der Waals surface area (Å²) in [7, 11) is -1.50. The first-order valence-corrected chi connectivity index (χ1v) is 9.34. The summed E-state index contributed by atoms with van der Waals surface area (Å²) in [6.07, 6.45) is 5.69. The SMILES string of the molecule is CN(Cc1cccc(CN)c1)S(=O)(=O)CC1CCCCC1. The molecule has 5 heteroatoms. The van der Waals surface area contributed by atoms with Crippen molar-refractivity contribution in [1.82, 2.24) is 4.31 Å². The van der Waals surface area contributed by atoms with Crippen molar-refractivity contribution in [3.63, 3.8) is 0 Å². The second kappa shape index (κ2) is 7.38. The molecule has 0 unspecified atom stereocenters. The van der Waals surface area contributed by atoms with Crippen LogP contribution < -0.4 is 5.73 Å². The lowest BCUT2D eigenvalue weighted by Gasteiger charge is -2.24. The van der Waals surface area contributed by atoms with E-state index in [4.69, 9.17) is 5.73 Å². The molecule has 0 aliphatic heterocycles. The summed E-state index contributed by atoms with van der Waals surface area (Å²) < 4.78 is 26.4. The smallest absolute Gasteiger partial charge is 0.214 e. The van der Waals surface area contributed by atoms with Gasteiger partial charge in [-0.05, 0) is 29.9 Å². The molecule has 4 nitrogen and oxygen atoms in total. The maximum absolute atomic E-state index is 12.5. The van der Waals surface area contributed by atoms with E-state index in [-0.39, 0.29) is 0 Å². The van der Waals surface area contributed by atoms with Crippen molar-refractivity contribution in [1.29, 1.82) is 0 Å². The van der Waals surface area contributed by atoms with Gasteiger partial charge in [0.15, 0.2) is 0 Å². The van der Waals surface area contributed by atoms with Crippen LogP contribution in [-0.4, -0.2) is 25.5 Å². The fourth-order valence-corrected chi connectivity index (χ4v) is 4.52. The van der Waals surface area contributed by atoms with Gasteiger partial charge in [0.2, 0.25) is 10.0 Å². The van der Waals surface area contributed by atoms with Crippen LogP contribution in [0.4, 0.5) is 0 Å². The molecule has 0 radical (unpaired) electrons. The van der Waals surface area contributed by atoms with Gasteiger partial charge in [-0.1, -0.05) is 43.5 Å². The van der Waals surface area contributed by atoms with Crippen LogP contribution in [-0.2, 0) is 23.1 Å². The van der Waals surface area contributed by atoms with Crippen molar-refractivity contribution in [3.8, 4) is 0 Å². The molecule has 0 heterocycles. The Labute approximate surface area is 128 Å². The molecule has 1 saturated carbocycles. The maximum Gasteiger partial charge on any atom is 0.214 e. The molecular formula is C16H26N2O2S. The standard InChI is InChI=1S/C16H26N2O2S/c1-18(12-16-9-5-8-15(10-16)11-17)21(19,20)13-14-6-3-2-4-7-14/h5,8-10,14H,2-4,6-7,11-13,17H2,1H3. The van der Waals surface area contributed by atoms with Crippen LogP contribution in [0.5, 0.6) is 0 Å². The Morgan fingerprint density at radius 3 is 2.52 bits per heavy atom. The molecular weight excluding hydrogens is 284 g/mol. The van der Waals surface area contributed by atoms with Crippen molar-refractivity contribution >= 4 is 10.0 Å². The summed E-state index contributed by atoms with van der Waals surface area (Å²) in [6.45, 7) is 0.898. The van der Waals surface area contributed by atoms with Crippen LogP contribution in [0, 0.1) is 5.92 Å². The predicted molar refractivity (Wildman–Crippen MR) is 86.2 cm³/mol. The van der Waals surface area contributed by atoms with Gasteiger partial charge in [0.25, 0.3) is 0 Å². The maximum atomic E-state index is 12.5. The second-order valence-corrected chi connectivity index (χ2v) is 8.18. The zero-order valence-electron chi connectivity index (χ0n) is 12.8. The van der Waals surface area contributed by atoms with Gasteiger partial charge in [-0.2, -0.15) is 0 Å². The number of hydrogen-bond donors (Lipinski definition) is 1. The highest BCUT2D eigenvalue weighted by atomic mass is 32.2. The van der Waals surface area contributed by atoms with Crippen LogP contribution in [0.1, 0.15) is 43.2 Å². The lowest BCUT2D eigenvalue weighted by molar-refractivity contribution is 0.374. The third-order valence-corrected chi connectivity index (χ3v) is 6.25. The van der Waals surface area contributed by atoms with Crippen molar-refractivity contribution in [2.45, 2.75) is 45.2 Å². The van der Waals surface area contributed by atoms with Gasteiger partial charge in [0.1, 0.15) is 0 Å². The zero-order valence-corrected chi connectivity index (χ0v) is 13.6. The number of hydrogen-bond acceptors (Lipinski definition) is 3. The minimum absolute atomic E-state index is 0.292. The van der Waals surface area contributed by atoms with E-state index in [0.29, 0.717) is 24.8 Å². The Hall–Kier alpha value is -0.910. The van der Waals surface area contributed by atoms with E-state index >= 15 is 0 Å². The summed E-state index contributed by atoms with van der Waals surface area (Å²) in [5.74, 6) is 0.627. The number of sulfonamides is 1. The highest BCUT2D eigenvalue weighted by molar-refractivity contribution is 7.89. The van der Waals surface area contributed by atoms with Gasteiger partial charge < -0.3 is 5.73 Å². The Balaban J connectivity index is 1.98. The summed E-state index contributed by atoms with van der Waals surface area (Å²) in [6, 6.07) is 7.82. The van der Waals surface area contributed by atoms with Gasteiger partial charge in [0.05, 0.1) is 5.75 Å². The monoisotopic (exact) mass is 310 g/mol. The van der Waals surface area contributed by atoms with Crippen molar-refractivity contribution in [2.75, 3.05) is 12.8 Å². The molecule has 0 aromatic heterocycles. The molecule has 2 rings (SSSR count). The lowest BCUT2D eigenvalue weighted by Crippen LogP contribution is -2.32. The van der Waals surface area contributed by atoms with E-state index in [1.807, 2.05) is 24.3 Å². The zero-order chi connectivity index (χ0) is 15.3. The average molecular weight is 310 g/mol. The van der Waals surface area contributed by atoms with Gasteiger partial charge in [-0.3, -0.25) is 0 Å². The minimum Gasteiger partial charge on any atom is -0.326 e. The third kappa shape index (κ3) is 4.80. The van der Waals surface area contributed by atoms with E-state index in [9.17, 15) is 8.42 Å². The molecule has 0 spiro atoms. The van der Waals surface area contributed by atoms with Crippen molar-refractivity contribution in [3.05, 3.63) is 35.4 Å². The Bertz CT molecular complexity index is 551. The Morgan fingerprint density at radius 1 is 1.19 bits per heavy atom. The molecule has 1 aromatic carbocycles. The average Bonchev–Trinajstić information content (AvgIpc) is 2.48. The molecule has 1 aliphatic rings. The van der Waals surface area contributed by atoms with E-state index in [0.717, 1.165) is 24.0 Å². The number of rotatable bonds is 6. The molecule has 0 bridgehead atoms. The lowest BCUT2D eigenvalue weighted by atomic mass is 9.91. The van der Waals surface area contributed by atoms with E-state index < -0.39 is 10.0 Å². The van der Waals surface area contributed by atoms with Crippen molar-refractivity contribution < 1.29 is 8.42 Å². The predicted octanol–water partition coefficient (Wildman–Crippen LogP) is 2.49. The molecule has 1 aliphatic carbocycles. The van der Waals surface area contributed by atoms with E-state index in [1.54, 1.807) is 7.05 Å².